The Labute approximate surface area is 64.5 Å². The molecule has 0 aromatic rings. The molecule has 2 aliphatic heterocycles. The van der Waals surface area contributed by atoms with Gasteiger partial charge in [-0.15, -0.1) is 11.8 Å². The van der Waals surface area contributed by atoms with Crippen LogP contribution in [-0.2, 0) is 4.74 Å². The molecule has 52 valence electrons. The summed E-state index contributed by atoms with van der Waals surface area (Å²) in [5, 5.41) is 2.14. The van der Waals surface area contributed by atoms with E-state index in [0.29, 0.717) is 0 Å². The molecule has 0 bridgehead atoms. The van der Waals surface area contributed by atoms with Crippen LogP contribution in [0, 0.1) is 0 Å². The third kappa shape index (κ3) is 0.991. The Morgan fingerprint density at radius 2 is 2.50 bits per heavy atom. The number of hydrogen-bond acceptors (Lipinski definition) is 2. The van der Waals surface area contributed by atoms with Crippen molar-refractivity contribution in [3.63, 3.8) is 0 Å². The number of allylic oxidation sites excluding steroid dienone is 1. The van der Waals surface area contributed by atoms with Crippen LogP contribution < -0.4 is 0 Å². The Kier molecular flexibility index (Phi) is 1.55. The number of rotatable bonds is 0. The van der Waals surface area contributed by atoms with Gasteiger partial charge in [0.1, 0.15) is 12.4 Å². The van der Waals surface area contributed by atoms with Gasteiger partial charge in [-0.05, 0) is 17.6 Å². The summed E-state index contributed by atoms with van der Waals surface area (Å²) in [5.74, 6) is 2.11. The topological polar surface area (TPSA) is 9.23 Å². The minimum absolute atomic E-state index is 0.730. The first-order valence-electron chi connectivity index (χ1n) is 3.28. The summed E-state index contributed by atoms with van der Waals surface area (Å²) in [5.41, 5.74) is 1.22. The Morgan fingerprint density at radius 1 is 1.50 bits per heavy atom. The zero-order valence-corrected chi connectivity index (χ0v) is 6.36. The normalized spacial score (nSPS) is 22.4. The number of fused-ring (bicyclic) bond motifs is 1. The quantitative estimate of drug-likeness (QED) is 0.525. The monoisotopic (exact) mass is 152 g/mol. The predicted molar refractivity (Wildman–Crippen MR) is 43.7 cm³/mol. The molecule has 2 heteroatoms. The minimum Gasteiger partial charge on any atom is -0.489 e. The maximum atomic E-state index is 5.37. The summed E-state index contributed by atoms with van der Waals surface area (Å²) in [4.78, 5) is 0. The molecule has 0 aromatic carbocycles. The average Bonchev–Trinajstić information content (AvgIpc) is 2.05. The summed E-state index contributed by atoms with van der Waals surface area (Å²) in [6, 6.07) is 0. The van der Waals surface area contributed by atoms with Crippen LogP contribution in [0.5, 0.6) is 0 Å². The van der Waals surface area contributed by atoms with Gasteiger partial charge in [-0.25, -0.2) is 0 Å². The second-order valence-corrected chi connectivity index (χ2v) is 3.09. The molecule has 0 aromatic heterocycles. The Balaban J connectivity index is 2.33. The lowest BCUT2D eigenvalue weighted by Crippen LogP contribution is -2.03. The van der Waals surface area contributed by atoms with Gasteiger partial charge in [0.15, 0.2) is 0 Å². The molecule has 0 atom stereocenters. The standard InChI is InChI=1S/C8H8OS/c1-2-7-6-10-5-3-8(7)9-4-1/h1-3,6H,4-5H2. The molecule has 0 saturated carbocycles. The van der Waals surface area contributed by atoms with Crippen molar-refractivity contribution in [3.8, 4) is 0 Å². The van der Waals surface area contributed by atoms with Crippen molar-refractivity contribution < 1.29 is 4.74 Å². The molecule has 0 amide bonds. The highest BCUT2D eigenvalue weighted by atomic mass is 32.2. The highest BCUT2D eigenvalue weighted by molar-refractivity contribution is 8.02. The molecule has 0 saturated heterocycles. The molecule has 0 aliphatic carbocycles. The van der Waals surface area contributed by atoms with E-state index < -0.39 is 0 Å². The highest BCUT2D eigenvalue weighted by Crippen LogP contribution is 2.25. The molecule has 0 unspecified atom stereocenters. The third-order valence-corrected chi connectivity index (χ3v) is 2.27. The molecular formula is C8H8OS. The first-order valence-corrected chi connectivity index (χ1v) is 4.33. The zero-order chi connectivity index (χ0) is 6.81. The fourth-order valence-corrected chi connectivity index (χ4v) is 1.73. The summed E-state index contributed by atoms with van der Waals surface area (Å²) in [6.07, 6.45) is 6.28. The van der Waals surface area contributed by atoms with Gasteiger partial charge in [-0.3, -0.25) is 0 Å². The molecule has 0 fully saturated rings. The van der Waals surface area contributed by atoms with E-state index in [1.807, 2.05) is 17.8 Å². The Morgan fingerprint density at radius 3 is 3.40 bits per heavy atom. The van der Waals surface area contributed by atoms with E-state index in [1.54, 1.807) is 0 Å². The van der Waals surface area contributed by atoms with E-state index in [4.69, 9.17) is 4.74 Å². The van der Waals surface area contributed by atoms with Crippen LogP contribution in [0.15, 0.2) is 35.0 Å². The maximum Gasteiger partial charge on any atom is 0.124 e. The van der Waals surface area contributed by atoms with Gasteiger partial charge < -0.3 is 4.74 Å². The van der Waals surface area contributed by atoms with Gasteiger partial charge in [0.25, 0.3) is 0 Å². The van der Waals surface area contributed by atoms with E-state index in [0.717, 1.165) is 18.1 Å². The molecule has 2 heterocycles. The second kappa shape index (κ2) is 2.54. The SMILES string of the molecule is C1=CC2=CSCC=C2OC1. The number of thioether (sulfide) groups is 1. The molecule has 0 radical (unpaired) electrons. The molecule has 10 heavy (non-hydrogen) atoms. The van der Waals surface area contributed by atoms with Crippen molar-refractivity contribution in [1.29, 1.82) is 0 Å². The van der Waals surface area contributed by atoms with Crippen LogP contribution >= 0.6 is 11.8 Å². The van der Waals surface area contributed by atoms with Gasteiger partial charge >= 0.3 is 0 Å². The van der Waals surface area contributed by atoms with Gasteiger partial charge in [0.05, 0.1) is 0 Å². The van der Waals surface area contributed by atoms with Crippen molar-refractivity contribution >= 4 is 11.8 Å². The fraction of sp³-hybridized carbons (Fsp3) is 0.250. The first kappa shape index (κ1) is 6.10. The fourth-order valence-electron chi connectivity index (χ4n) is 1.01. The van der Waals surface area contributed by atoms with E-state index in [-0.39, 0.29) is 0 Å². The third-order valence-electron chi connectivity index (χ3n) is 1.49. The van der Waals surface area contributed by atoms with Crippen LogP contribution in [0.2, 0.25) is 0 Å². The summed E-state index contributed by atoms with van der Waals surface area (Å²) in [6.45, 7) is 0.730. The molecular weight excluding hydrogens is 144 g/mol. The van der Waals surface area contributed by atoms with Crippen molar-refractivity contribution in [2.24, 2.45) is 0 Å². The zero-order valence-electron chi connectivity index (χ0n) is 5.54. The second-order valence-electron chi connectivity index (χ2n) is 2.19. The molecule has 1 nitrogen and oxygen atoms in total. The van der Waals surface area contributed by atoms with E-state index in [1.165, 1.54) is 5.57 Å². The van der Waals surface area contributed by atoms with Crippen LogP contribution in [-0.4, -0.2) is 12.4 Å². The lowest BCUT2D eigenvalue weighted by atomic mass is 10.2. The van der Waals surface area contributed by atoms with Crippen LogP contribution in [0.4, 0.5) is 0 Å². The number of hydrogen-bond donors (Lipinski definition) is 0. The van der Waals surface area contributed by atoms with Gasteiger partial charge in [0, 0.05) is 11.3 Å². The predicted octanol–water partition coefficient (Wildman–Crippen LogP) is 2.09. The largest absolute Gasteiger partial charge is 0.489 e. The van der Waals surface area contributed by atoms with Crippen LogP contribution in [0.3, 0.4) is 0 Å². The summed E-state index contributed by atoms with van der Waals surface area (Å²) in [7, 11) is 0. The van der Waals surface area contributed by atoms with Gasteiger partial charge in [-0.1, -0.05) is 6.08 Å². The summed E-state index contributed by atoms with van der Waals surface area (Å²) < 4.78 is 5.37. The van der Waals surface area contributed by atoms with E-state index >= 15 is 0 Å². The lowest BCUT2D eigenvalue weighted by Gasteiger charge is -2.16. The van der Waals surface area contributed by atoms with Crippen LogP contribution in [0.1, 0.15) is 0 Å². The Hall–Kier alpha value is -0.630. The van der Waals surface area contributed by atoms with E-state index in [9.17, 15) is 0 Å². The molecule has 0 N–H and O–H groups in total. The van der Waals surface area contributed by atoms with Crippen molar-refractivity contribution in [2.75, 3.05) is 12.4 Å². The van der Waals surface area contributed by atoms with Gasteiger partial charge in [-0.2, -0.15) is 0 Å². The van der Waals surface area contributed by atoms with Crippen LogP contribution in [0.25, 0.3) is 0 Å². The smallest absolute Gasteiger partial charge is 0.124 e. The highest BCUT2D eigenvalue weighted by Gasteiger charge is 2.09. The van der Waals surface area contributed by atoms with Crippen molar-refractivity contribution in [1.82, 2.24) is 0 Å². The van der Waals surface area contributed by atoms with Crippen molar-refractivity contribution in [3.05, 3.63) is 35.0 Å². The minimum atomic E-state index is 0.730. The maximum absolute atomic E-state index is 5.37. The molecule has 2 aliphatic rings. The first-order chi connectivity index (χ1) is 4.97. The lowest BCUT2D eigenvalue weighted by molar-refractivity contribution is 0.251. The van der Waals surface area contributed by atoms with Crippen molar-refractivity contribution in [2.45, 2.75) is 0 Å². The van der Waals surface area contributed by atoms with Gasteiger partial charge in [0.2, 0.25) is 0 Å². The Bertz CT molecular complexity index is 225. The molecule has 0 spiro atoms. The molecule has 2 rings (SSSR count). The van der Waals surface area contributed by atoms with E-state index in [2.05, 4.69) is 17.6 Å². The number of ether oxygens (including phenoxy) is 1. The summed E-state index contributed by atoms with van der Waals surface area (Å²) >= 11 is 1.81. The average molecular weight is 152 g/mol.